The highest BCUT2D eigenvalue weighted by Gasteiger charge is 2.35. The average Bonchev–Trinajstić information content (AvgIpc) is 3.52. The topological polar surface area (TPSA) is 97.6 Å². The van der Waals surface area contributed by atoms with Crippen LogP contribution in [0.15, 0.2) is 77.3 Å². The number of anilines is 2. The van der Waals surface area contributed by atoms with Crippen LogP contribution in [-0.4, -0.2) is 35.6 Å². The normalized spacial score (nSPS) is 15.3. The lowest BCUT2D eigenvalue weighted by Crippen LogP contribution is -2.28. The summed E-state index contributed by atoms with van der Waals surface area (Å²) in [4.78, 5) is 31.9. The van der Waals surface area contributed by atoms with Crippen molar-refractivity contribution in [1.82, 2.24) is 10.1 Å². The summed E-state index contributed by atoms with van der Waals surface area (Å²) in [6, 6.07) is 22.3. The second-order valence-corrected chi connectivity index (χ2v) is 8.43. The van der Waals surface area contributed by atoms with E-state index in [0.717, 1.165) is 22.6 Å². The Morgan fingerprint density at radius 2 is 1.80 bits per heavy atom. The number of rotatable bonds is 6. The Morgan fingerprint density at radius 1 is 1.06 bits per heavy atom. The van der Waals surface area contributed by atoms with E-state index in [2.05, 4.69) is 15.5 Å². The summed E-state index contributed by atoms with van der Waals surface area (Å²) in [5.74, 6) is 0.694. The molecule has 0 bridgehead atoms. The van der Waals surface area contributed by atoms with Crippen LogP contribution < -0.4 is 15.0 Å². The van der Waals surface area contributed by atoms with E-state index >= 15 is 0 Å². The van der Waals surface area contributed by atoms with Gasteiger partial charge in [-0.15, -0.1) is 0 Å². The van der Waals surface area contributed by atoms with Crippen molar-refractivity contribution >= 4 is 23.2 Å². The summed E-state index contributed by atoms with van der Waals surface area (Å²) in [7, 11) is 1.61. The van der Waals surface area contributed by atoms with Gasteiger partial charge in [-0.2, -0.15) is 4.98 Å². The standard InChI is InChI=1S/C27H24N4O4/c1-17-7-11-20(12-8-17)31-16-19(15-24(31)32)26(33)28-23-6-4-3-5-22(23)27-29-25(30-35-27)18-9-13-21(34-2)14-10-18/h3-14,19H,15-16H2,1-2H3,(H,28,33)/t19-/m0/s1. The van der Waals surface area contributed by atoms with Crippen molar-refractivity contribution < 1.29 is 18.8 Å². The second kappa shape index (κ2) is 9.42. The Labute approximate surface area is 202 Å². The van der Waals surface area contributed by atoms with E-state index in [-0.39, 0.29) is 24.1 Å². The van der Waals surface area contributed by atoms with E-state index in [4.69, 9.17) is 9.26 Å². The highest BCUT2D eigenvalue weighted by atomic mass is 16.5. The van der Waals surface area contributed by atoms with E-state index in [1.807, 2.05) is 67.6 Å². The Kier molecular flexibility index (Phi) is 6.01. The maximum atomic E-state index is 13.1. The molecule has 8 nitrogen and oxygen atoms in total. The molecular weight excluding hydrogens is 444 g/mol. The first-order valence-electron chi connectivity index (χ1n) is 11.3. The van der Waals surface area contributed by atoms with Crippen LogP contribution in [0.1, 0.15) is 12.0 Å². The number of methoxy groups -OCH3 is 1. The predicted molar refractivity (Wildman–Crippen MR) is 132 cm³/mol. The maximum Gasteiger partial charge on any atom is 0.260 e. The van der Waals surface area contributed by atoms with Crippen LogP contribution >= 0.6 is 0 Å². The first kappa shape index (κ1) is 22.3. The molecule has 176 valence electrons. The minimum Gasteiger partial charge on any atom is -0.497 e. The average molecular weight is 469 g/mol. The summed E-state index contributed by atoms with van der Waals surface area (Å²) in [5, 5.41) is 7.04. The third kappa shape index (κ3) is 4.63. The van der Waals surface area contributed by atoms with Crippen molar-refractivity contribution in [3.05, 3.63) is 78.4 Å². The van der Waals surface area contributed by atoms with Gasteiger partial charge in [0.25, 0.3) is 5.89 Å². The van der Waals surface area contributed by atoms with E-state index in [1.54, 1.807) is 24.1 Å². The van der Waals surface area contributed by atoms with Gasteiger partial charge < -0.3 is 19.5 Å². The number of para-hydroxylation sites is 1. The lowest BCUT2D eigenvalue weighted by molar-refractivity contribution is -0.122. The molecule has 1 saturated heterocycles. The molecule has 8 heteroatoms. The fourth-order valence-electron chi connectivity index (χ4n) is 4.06. The minimum atomic E-state index is -0.464. The largest absolute Gasteiger partial charge is 0.497 e. The van der Waals surface area contributed by atoms with Crippen molar-refractivity contribution in [3.8, 4) is 28.6 Å². The number of ether oxygens (including phenoxy) is 1. The van der Waals surface area contributed by atoms with Gasteiger partial charge in [-0.25, -0.2) is 0 Å². The van der Waals surface area contributed by atoms with Crippen molar-refractivity contribution in [2.45, 2.75) is 13.3 Å². The number of aromatic nitrogens is 2. The molecule has 2 amide bonds. The molecule has 1 aliphatic heterocycles. The van der Waals surface area contributed by atoms with Gasteiger partial charge in [-0.05, 0) is 55.5 Å². The van der Waals surface area contributed by atoms with Gasteiger partial charge >= 0.3 is 0 Å². The first-order valence-corrected chi connectivity index (χ1v) is 11.3. The molecule has 0 unspecified atom stereocenters. The van der Waals surface area contributed by atoms with Crippen molar-refractivity contribution in [1.29, 1.82) is 0 Å². The third-order valence-corrected chi connectivity index (χ3v) is 6.03. The number of carbonyl (C=O) groups excluding carboxylic acids is 2. The van der Waals surface area contributed by atoms with Crippen LogP contribution in [0.2, 0.25) is 0 Å². The van der Waals surface area contributed by atoms with Gasteiger partial charge in [-0.1, -0.05) is 35.0 Å². The zero-order valence-corrected chi connectivity index (χ0v) is 19.4. The van der Waals surface area contributed by atoms with Gasteiger partial charge in [0.05, 0.1) is 24.3 Å². The molecule has 1 N–H and O–H groups in total. The third-order valence-electron chi connectivity index (χ3n) is 6.03. The van der Waals surface area contributed by atoms with Gasteiger partial charge in [0.1, 0.15) is 5.75 Å². The lowest BCUT2D eigenvalue weighted by Gasteiger charge is -2.17. The van der Waals surface area contributed by atoms with Crippen LogP contribution in [0.25, 0.3) is 22.8 Å². The summed E-state index contributed by atoms with van der Waals surface area (Å²) in [6.07, 6.45) is 0.157. The van der Waals surface area contributed by atoms with Crippen molar-refractivity contribution in [2.75, 3.05) is 23.9 Å². The van der Waals surface area contributed by atoms with Crippen molar-refractivity contribution in [2.24, 2.45) is 5.92 Å². The molecule has 0 aliphatic carbocycles. The quantitative estimate of drug-likeness (QED) is 0.440. The maximum absolute atomic E-state index is 13.1. The molecule has 5 rings (SSSR count). The number of nitrogens with one attached hydrogen (secondary N) is 1. The zero-order chi connectivity index (χ0) is 24.4. The highest BCUT2D eigenvalue weighted by molar-refractivity contribution is 6.04. The number of aryl methyl sites for hydroxylation is 1. The molecule has 0 spiro atoms. The van der Waals surface area contributed by atoms with E-state index in [0.29, 0.717) is 23.6 Å². The SMILES string of the molecule is COc1ccc(-c2noc(-c3ccccc3NC(=O)[C@H]3CC(=O)N(c4ccc(C)cc4)C3)n2)cc1. The fraction of sp³-hybridized carbons (Fsp3) is 0.185. The first-order chi connectivity index (χ1) is 17.0. The van der Waals surface area contributed by atoms with Gasteiger partial charge in [0, 0.05) is 24.2 Å². The van der Waals surface area contributed by atoms with E-state index in [1.165, 1.54) is 0 Å². The highest BCUT2D eigenvalue weighted by Crippen LogP contribution is 2.31. The van der Waals surface area contributed by atoms with E-state index < -0.39 is 5.92 Å². The molecule has 1 aromatic heterocycles. The monoisotopic (exact) mass is 468 g/mol. The van der Waals surface area contributed by atoms with Crippen LogP contribution in [0.4, 0.5) is 11.4 Å². The fourth-order valence-corrected chi connectivity index (χ4v) is 4.06. The van der Waals surface area contributed by atoms with E-state index in [9.17, 15) is 9.59 Å². The Hall–Kier alpha value is -4.46. The number of nitrogens with zero attached hydrogens (tertiary/aromatic N) is 3. The molecule has 0 saturated carbocycles. The number of amides is 2. The number of hydrogen-bond acceptors (Lipinski definition) is 6. The minimum absolute atomic E-state index is 0.0664. The molecule has 1 atom stereocenters. The van der Waals surface area contributed by atoms with Gasteiger partial charge in [0.15, 0.2) is 0 Å². The summed E-state index contributed by atoms with van der Waals surface area (Å²) in [5.41, 5.74) is 3.84. The molecule has 3 aromatic carbocycles. The molecule has 2 heterocycles. The molecule has 0 radical (unpaired) electrons. The summed E-state index contributed by atoms with van der Waals surface area (Å²) >= 11 is 0. The summed E-state index contributed by atoms with van der Waals surface area (Å²) < 4.78 is 10.7. The number of carbonyl (C=O) groups is 2. The van der Waals surface area contributed by atoms with Gasteiger partial charge in [-0.3, -0.25) is 9.59 Å². The molecule has 35 heavy (non-hydrogen) atoms. The van der Waals surface area contributed by atoms with Crippen LogP contribution in [0.5, 0.6) is 5.75 Å². The van der Waals surface area contributed by atoms with Crippen LogP contribution in [0, 0.1) is 12.8 Å². The lowest BCUT2D eigenvalue weighted by atomic mass is 10.1. The molecular formula is C27H24N4O4. The Bertz CT molecular complexity index is 1360. The smallest absolute Gasteiger partial charge is 0.260 e. The summed E-state index contributed by atoms with van der Waals surface area (Å²) in [6.45, 7) is 2.32. The van der Waals surface area contributed by atoms with Gasteiger partial charge in [0.2, 0.25) is 17.6 Å². The number of benzene rings is 3. The number of hydrogen-bond donors (Lipinski definition) is 1. The Balaban J connectivity index is 1.32. The Morgan fingerprint density at radius 3 is 2.54 bits per heavy atom. The molecule has 4 aromatic rings. The predicted octanol–water partition coefficient (Wildman–Crippen LogP) is 4.71. The van der Waals surface area contributed by atoms with Crippen LogP contribution in [0.3, 0.4) is 0 Å². The van der Waals surface area contributed by atoms with Crippen molar-refractivity contribution in [3.63, 3.8) is 0 Å². The zero-order valence-electron chi connectivity index (χ0n) is 19.4. The molecule has 1 aliphatic rings. The van der Waals surface area contributed by atoms with Crippen LogP contribution in [-0.2, 0) is 9.59 Å². The second-order valence-electron chi connectivity index (χ2n) is 8.43. The molecule has 1 fully saturated rings.